The number of aliphatic hydroxyl groups is 1. The normalized spacial score (nSPS) is 18.2. The van der Waals surface area contributed by atoms with Crippen molar-refractivity contribution in [2.75, 3.05) is 0 Å². The summed E-state index contributed by atoms with van der Waals surface area (Å²) in [6.07, 6.45) is 2.71. The molecule has 0 amide bonds. The lowest BCUT2D eigenvalue weighted by Gasteiger charge is -2.12. The van der Waals surface area contributed by atoms with E-state index in [2.05, 4.69) is 48.0 Å². The Morgan fingerprint density at radius 3 is 2.53 bits per heavy atom. The average molecular weight is 269 g/mol. The Hall–Kier alpha value is -0.340. The zero-order chi connectivity index (χ0) is 11.1. The highest BCUT2D eigenvalue weighted by atomic mass is 79.9. The van der Waals surface area contributed by atoms with E-state index >= 15 is 0 Å². The first-order valence-corrected chi connectivity index (χ1v) is 6.30. The van der Waals surface area contributed by atoms with Crippen molar-refractivity contribution in [1.29, 1.82) is 0 Å². The summed E-state index contributed by atoms with van der Waals surface area (Å²) in [7, 11) is 0. The van der Waals surface area contributed by atoms with Crippen LogP contribution in [0.2, 0.25) is 0 Å². The van der Waals surface area contributed by atoms with E-state index in [0.717, 1.165) is 19.3 Å². The minimum atomic E-state index is -0.390. The van der Waals surface area contributed by atoms with Gasteiger partial charge in [-0.05, 0) is 36.0 Å². The predicted octanol–water partition coefficient (Wildman–Crippen LogP) is 3.64. The molecule has 0 spiro atoms. The van der Waals surface area contributed by atoms with Crippen LogP contribution in [0.5, 0.6) is 0 Å². The molecule has 82 valence electrons. The Morgan fingerprint density at radius 2 is 2.07 bits per heavy atom. The van der Waals surface area contributed by atoms with Crippen molar-refractivity contribution in [3.8, 4) is 0 Å². The van der Waals surface area contributed by atoms with E-state index in [1.165, 1.54) is 15.6 Å². The summed E-state index contributed by atoms with van der Waals surface area (Å²) in [5.74, 6) is 0.539. The third-order valence-electron chi connectivity index (χ3n) is 3.05. The summed E-state index contributed by atoms with van der Waals surface area (Å²) >= 11 is 3.59. The van der Waals surface area contributed by atoms with Gasteiger partial charge in [-0.25, -0.2) is 0 Å². The van der Waals surface area contributed by atoms with E-state index in [-0.39, 0.29) is 0 Å². The SMILES string of the molecule is CC(C)c1ccc(CC2(O)CC2)cc1Br. The van der Waals surface area contributed by atoms with Crippen molar-refractivity contribution in [2.45, 2.75) is 44.6 Å². The van der Waals surface area contributed by atoms with Crippen molar-refractivity contribution in [1.82, 2.24) is 0 Å². The molecule has 1 aromatic carbocycles. The lowest BCUT2D eigenvalue weighted by Crippen LogP contribution is -2.10. The lowest BCUT2D eigenvalue weighted by atomic mass is 9.99. The van der Waals surface area contributed by atoms with Crippen molar-refractivity contribution in [3.05, 3.63) is 33.8 Å². The second-order valence-corrected chi connectivity index (χ2v) is 5.77. The summed E-state index contributed by atoms with van der Waals surface area (Å²) in [6, 6.07) is 6.44. The molecule has 1 N–H and O–H groups in total. The van der Waals surface area contributed by atoms with Gasteiger partial charge < -0.3 is 5.11 Å². The highest BCUT2D eigenvalue weighted by Crippen LogP contribution is 2.39. The standard InChI is InChI=1S/C13H17BrO/c1-9(2)11-4-3-10(7-12(11)14)8-13(15)5-6-13/h3-4,7,9,15H,5-6,8H2,1-2H3. The molecule has 0 saturated heterocycles. The van der Waals surface area contributed by atoms with Gasteiger partial charge in [0.1, 0.15) is 0 Å². The molecule has 1 aromatic rings. The van der Waals surface area contributed by atoms with Gasteiger partial charge in [0, 0.05) is 10.9 Å². The molecule has 0 heterocycles. The average Bonchev–Trinajstić information content (AvgIpc) is 2.82. The van der Waals surface area contributed by atoms with Crippen LogP contribution >= 0.6 is 15.9 Å². The van der Waals surface area contributed by atoms with Crippen LogP contribution in [-0.2, 0) is 6.42 Å². The predicted molar refractivity (Wildman–Crippen MR) is 66.1 cm³/mol. The van der Waals surface area contributed by atoms with Crippen molar-refractivity contribution in [3.63, 3.8) is 0 Å². The smallest absolute Gasteiger partial charge is 0.0690 e. The van der Waals surface area contributed by atoms with Gasteiger partial charge in [-0.2, -0.15) is 0 Å². The second-order valence-electron chi connectivity index (χ2n) is 4.91. The molecule has 0 aromatic heterocycles. The third-order valence-corrected chi connectivity index (χ3v) is 3.73. The van der Waals surface area contributed by atoms with Crippen molar-refractivity contribution in [2.24, 2.45) is 0 Å². The van der Waals surface area contributed by atoms with E-state index < -0.39 is 5.60 Å². The summed E-state index contributed by atoms with van der Waals surface area (Å²) in [6.45, 7) is 4.38. The van der Waals surface area contributed by atoms with Crippen LogP contribution in [-0.4, -0.2) is 10.7 Å². The molecule has 1 saturated carbocycles. The van der Waals surface area contributed by atoms with Crippen LogP contribution in [0.25, 0.3) is 0 Å². The van der Waals surface area contributed by atoms with Gasteiger partial charge in [-0.15, -0.1) is 0 Å². The van der Waals surface area contributed by atoms with Crippen molar-refractivity contribution >= 4 is 15.9 Å². The molecule has 1 aliphatic rings. The van der Waals surface area contributed by atoms with Crippen LogP contribution in [0.15, 0.2) is 22.7 Å². The molecule has 0 atom stereocenters. The molecule has 1 aliphatic carbocycles. The fourth-order valence-corrected chi connectivity index (χ4v) is 2.73. The van der Waals surface area contributed by atoms with Gasteiger partial charge in [-0.1, -0.05) is 41.9 Å². The zero-order valence-electron chi connectivity index (χ0n) is 9.26. The molecule has 0 bridgehead atoms. The van der Waals surface area contributed by atoms with E-state index in [9.17, 15) is 5.11 Å². The molecule has 15 heavy (non-hydrogen) atoms. The molecule has 1 fully saturated rings. The maximum absolute atomic E-state index is 9.84. The Bertz CT molecular complexity index is 367. The number of hydrogen-bond acceptors (Lipinski definition) is 1. The summed E-state index contributed by atoms with van der Waals surface area (Å²) in [5.41, 5.74) is 2.17. The summed E-state index contributed by atoms with van der Waals surface area (Å²) in [5, 5.41) is 9.84. The maximum Gasteiger partial charge on any atom is 0.0690 e. The molecule has 0 unspecified atom stereocenters. The van der Waals surface area contributed by atoms with Gasteiger partial charge >= 0.3 is 0 Å². The highest BCUT2D eigenvalue weighted by Gasteiger charge is 2.40. The summed E-state index contributed by atoms with van der Waals surface area (Å²) < 4.78 is 1.17. The maximum atomic E-state index is 9.84. The minimum absolute atomic E-state index is 0.390. The Morgan fingerprint density at radius 1 is 1.40 bits per heavy atom. The van der Waals surface area contributed by atoms with Gasteiger partial charge in [0.15, 0.2) is 0 Å². The fourth-order valence-electron chi connectivity index (χ4n) is 1.85. The van der Waals surface area contributed by atoms with Crippen LogP contribution in [0.3, 0.4) is 0 Å². The molecule has 0 aliphatic heterocycles. The molecule has 2 heteroatoms. The fraction of sp³-hybridized carbons (Fsp3) is 0.538. The van der Waals surface area contributed by atoms with Crippen LogP contribution in [0.4, 0.5) is 0 Å². The quantitative estimate of drug-likeness (QED) is 0.888. The number of halogens is 1. The summed E-state index contributed by atoms with van der Waals surface area (Å²) in [4.78, 5) is 0. The Labute approximate surface area is 99.6 Å². The van der Waals surface area contributed by atoms with E-state index in [0.29, 0.717) is 5.92 Å². The van der Waals surface area contributed by atoms with E-state index in [4.69, 9.17) is 0 Å². The van der Waals surface area contributed by atoms with Gasteiger partial charge in [0.05, 0.1) is 5.60 Å². The lowest BCUT2D eigenvalue weighted by molar-refractivity contribution is 0.151. The van der Waals surface area contributed by atoms with E-state index in [1.54, 1.807) is 0 Å². The first-order chi connectivity index (χ1) is 7.00. The van der Waals surface area contributed by atoms with Crippen molar-refractivity contribution < 1.29 is 5.11 Å². The number of benzene rings is 1. The Kier molecular flexibility index (Phi) is 2.91. The van der Waals surface area contributed by atoms with Gasteiger partial charge in [0.25, 0.3) is 0 Å². The Balaban J connectivity index is 2.17. The molecule has 0 radical (unpaired) electrons. The number of rotatable bonds is 3. The highest BCUT2D eigenvalue weighted by molar-refractivity contribution is 9.10. The molecular weight excluding hydrogens is 252 g/mol. The second kappa shape index (κ2) is 3.91. The van der Waals surface area contributed by atoms with Crippen LogP contribution in [0, 0.1) is 0 Å². The molecular formula is C13H17BrO. The monoisotopic (exact) mass is 268 g/mol. The number of hydrogen-bond donors (Lipinski definition) is 1. The molecule has 2 rings (SSSR count). The zero-order valence-corrected chi connectivity index (χ0v) is 10.8. The van der Waals surface area contributed by atoms with Crippen LogP contribution < -0.4 is 0 Å². The van der Waals surface area contributed by atoms with Gasteiger partial charge in [0.2, 0.25) is 0 Å². The molecule has 1 nitrogen and oxygen atoms in total. The van der Waals surface area contributed by atoms with Gasteiger partial charge in [-0.3, -0.25) is 0 Å². The largest absolute Gasteiger partial charge is 0.390 e. The third kappa shape index (κ3) is 2.61. The first-order valence-electron chi connectivity index (χ1n) is 5.51. The first kappa shape index (κ1) is 11.2. The topological polar surface area (TPSA) is 20.2 Å². The minimum Gasteiger partial charge on any atom is -0.390 e. The van der Waals surface area contributed by atoms with Crippen LogP contribution in [0.1, 0.15) is 43.7 Å². The van der Waals surface area contributed by atoms with E-state index in [1.807, 2.05) is 0 Å².